The number of ether oxygens (including phenoxy) is 1. The quantitative estimate of drug-likeness (QED) is 0.526. The Hall–Kier alpha value is -2.98. The lowest BCUT2D eigenvalue weighted by Crippen LogP contribution is -2.47. The maximum Gasteiger partial charge on any atom is 0.142 e. The summed E-state index contributed by atoms with van der Waals surface area (Å²) in [7, 11) is 1.75. The van der Waals surface area contributed by atoms with Crippen LogP contribution in [0.5, 0.6) is 5.75 Å². The third kappa shape index (κ3) is 4.95. The molecule has 0 aliphatic carbocycles. The Labute approximate surface area is 180 Å². The van der Waals surface area contributed by atoms with Crippen LogP contribution in [0.2, 0.25) is 0 Å². The van der Waals surface area contributed by atoms with Gasteiger partial charge in [-0.3, -0.25) is 4.90 Å². The van der Waals surface area contributed by atoms with Crippen molar-refractivity contribution in [3.8, 4) is 5.75 Å². The molecule has 1 saturated heterocycles. The zero-order valence-corrected chi connectivity index (χ0v) is 17.8. The minimum Gasteiger partial charge on any atom is -0.495 e. The molecule has 0 N–H and O–H groups in total. The third-order valence-electron chi connectivity index (χ3n) is 5.79. The van der Waals surface area contributed by atoms with Crippen molar-refractivity contribution >= 4 is 17.1 Å². The summed E-state index contributed by atoms with van der Waals surface area (Å²) in [5, 5.41) is 0. The molecule has 4 heteroatoms. The Morgan fingerprint density at radius 1 is 0.733 bits per heavy atom. The summed E-state index contributed by atoms with van der Waals surface area (Å²) in [5.41, 5.74) is 3.72. The highest BCUT2D eigenvalue weighted by Gasteiger charge is 2.19. The number of piperazine rings is 1. The molecular formula is C26H31N3O. The van der Waals surface area contributed by atoms with Crippen molar-refractivity contribution in [2.45, 2.75) is 6.42 Å². The summed E-state index contributed by atoms with van der Waals surface area (Å²) in [6, 6.07) is 29.7. The number of methoxy groups -OCH3 is 1. The van der Waals surface area contributed by atoms with E-state index in [4.69, 9.17) is 4.74 Å². The predicted octanol–water partition coefficient (Wildman–Crippen LogP) is 5.05. The number of rotatable bonds is 8. The molecule has 1 aliphatic rings. The van der Waals surface area contributed by atoms with Gasteiger partial charge in [0.2, 0.25) is 0 Å². The molecule has 0 unspecified atom stereocenters. The molecule has 30 heavy (non-hydrogen) atoms. The van der Waals surface area contributed by atoms with Crippen LogP contribution in [0.1, 0.15) is 6.42 Å². The van der Waals surface area contributed by atoms with Gasteiger partial charge in [-0.15, -0.1) is 0 Å². The van der Waals surface area contributed by atoms with E-state index in [0.29, 0.717) is 0 Å². The molecule has 0 amide bonds. The van der Waals surface area contributed by atoms with Crippen molar-refractivity contribution in [2.75, 3.05) is 56.2 Å². The molecule has 4 nitrogen and oxygen atoms in total. The van der Waals surface area contributed by atoms with Gasteiger partial charge in [-0.25, -0.2) is 0 Å². The van der Waals surface area contributed by atoms with Crippen LogP contribution >= 0.6 is 0 Å². The molecule has 0 atom stereocenters. The van der Waals surface area contributed by atoms with Gasteiger partial charge in [0.15, 0.2) is 0 Å². The number of para-hydroxylation sites is 4. The molecule has 0 saturated carbocycles. The maximum atomic E-state index is 5.54. The van der Waals surface area contributed by atoms with Crippen LogP contribution in [-0.4, -0.2) is 51.3 Å². The van der Waals surface area contributed by atoms with E-state index in [2.05, 4.69) is 87.5 Å². The van der Waals surface area contributed by atoms with Crippen molar-refractivity contribution in [2.24, 2.45) is 0 Å². The van der Waals surface area contributed by atoms with Crippen LogP contribution in [0.25, 0.3) is 0 Å². The van der Waals surface area contributed by atoms with E-state index in [1.54, 1.807) is 7.11 Å². The smallest absolute Gasteiger partial charge is 0.142 e. The van der Waals surface area contributed by atoms with Gasteiger partial charge >= 0.3 is 0 Å². The van der Waals surface area contributed by atoms with Crippen molar-refractivity contribution in [1.82, 2.24) is 4.90 Å². The Kier molecular flexibility index (Phi) is 6.88. The number of hydrogen-bond acceptors (Lipinski definition) is 4. The predicted molar refractivity (Wildman–Crippen MR) is 126 cm³/mol. The second kappa shape index (κ2) is 10.2. The van der Waals surface area contributed by atoms with Crippen molar-refractivity contribution in [3.63, 3.8) is 0 Å². The topological polar surface area (TPSA) is 19.0 Å². The molecule has 0 spiro atoms. The average Bonchev–Trinajstić information content (AvgIpc) is 2.83. The highest BCUT2D eigenvalue weighted by atomic mass is 16.5. The summed E-state index contributed by atoms with van der Waals surface area (Å²) in [6.45, 7) is 6.41. The van der Waals surface area contributed by atoms with Gasteiger partial charge in [-0.2, -0.15) is 0 Å². The number of anilines is 3. The second-order valence-electron chi connectivity index (χ2n) is 7.68. The molecule has 3 aromatic carbocycles. The Bertz CT molecular complexity index is 853. The van der Waals surface area contributed by atoms with Gasteiger partial charge in [0.25, 0.3) is 0 Å². The largest absolute Gasteiger partial charge is 0.495 e. The zero-order chi connectivity index (χ0) is 20.6. The number of benzene rings is 3. The van der Waals surface area contributed by atoms with E-state index in [-0.39, 0.29) is 0 Å². The molecular weight excluding hydrogens is 370 g/mol. The first-order chi connectivity index (χ1) is 14.8. The van der Waals surface area contributed by atoms with Gasteiger partial charge in [0.05, 0.1) is 12.8 Å². The number of hydrogen-bond donors (Lipinski definition) is 0. The van der Waals surface area contributed by atoms with Crippen LogP contribution in [0, 0.1) is 0 Å². The summed E-state index contributed by atoms with van der Waals surface area (Å²) in [5.74, 6) is 0.965. The lowest BCUT2D eigenvalue weighted by Gasteiger charge is -2.37. The molecule has 0 radical (unpaired) electrons. The van der Waals surface area contributed by atoms with Crippen molar-refractivity contribution in [3.05, 3.63) is 84.9 Å². The van der Waals surface area contributed by atoms with E-state index < -0.39 is 0 Å². The van der Waals surface area contributed by atoms with Crippen LogP contribution in [-0.2, 0) is 0 Å². The summed E-state index contributed by atoms with van der Waals surface area (Å²) >= 11 is 0. The summed E-state index contributed by atoms with van der Waals surface area (Å²) in [6.07, 6.45) is 1.14. The number of nitrogens with zero attached hydrogens (tertiary/aromatic N) is 3. The van der Waals surface area contributed by atoms with E-state index >= 15 is 0 Å². The Balaban J connectivity index is 1.31. The first kappa shape index (κ1) is 20.3. The lowest BCUT2D eigenvalue weighted by molar-refractivity contribution is 0.255. The minimum atomic E-state index is 0.965. The van der Waals surface area contributed by atoms with Crippen molar-refractivity contribution in [1.29, 1.82) is 0 Å². The van der Waals surface area contributed by atoms with Gasteiger partial charge < -0.3 is 14.5 Å². The lowest BCUT2D eigenvalue weighted by atomic mass is 10.2. The molecule has 1 fully saturated rings. The van der Waals surface area contributed by atoms with Gasteiger partial charge in [-0.1, -0.05) is 48.5 Å². The molecule has 156 valence electrons. The van der Waals surface area contributed by atoms with E-state index in [1.807, 2.05) is 12.1 Å². The summed E-state index contributed by atoms with van der Waals surface area (Å²) < 4.78 is 5.54. The molecule has 0 aromatic heterocycles. The van der Waals surface area contributed by atoms with Crippen LogP contribution in [0.3, 0.4) is 0 Å². The monoisotopic (exact) mass is 401 g/mol. The van der Waals surface area contributed by atoms with Gasteiger partial charge in [0.1, 0.15) is 5.75 Å². The first-order valence-corrected chi connectivity index (χ1v) is 10.8. The SMILES string of the molecule is COc1ccccc1N1CCN(CCCN(c2ccccc2)c2ccccc2)CC1. The molecule has 3 aromatic rings. The second-order valence-corrected chi connectivity index (χ2v) is 7.68. The summed E-state index contributed by atoms with van der Waals surface area (Å²) in [4.78, 5) is 7.45. The molecule has 1 heterocycles. The minimum absolute atomic E-state index is 0.965. The van der Waals surface area contributed by atoms with Crippen LogP contribution < -0.4 is 14.5 Å². The highest BCUT2D eigenvalue weighted by molar-refractivity contribution is 5.63. The fourth-order valence-electron chi connectivity index (χ4n) is 4.18. The first-order valence-electron chi connectivity index (χ1n) is 10.8. The average molecular weight is 402 g/mol. The Morgan fingerprint density at radius 3 is 1.90 bits per heavy atom. The zero-order valence-electron chi connectivity index (χ0n) is 17.8. The molecule has 4 rings (SSSR count). The third-order valence-corrected chi connectivity index (χ3v) is 5.79. The fraction of sp³-hybridized carbons (Fsp3) is 0.308. The normalized spacial score (nSPS) is 14.5. The van der Waals surface area contributed by atoms with Crippen LogP contribution in [0.4, 0.5) is 17.1 Å². The Morgan fingerprint density at radius 2 is 1.30 bits per heavy atom. The van der Waals surface area contributed by atoms with E-state index in [0.717, 1.165) is 51.4 Å². The van der Waals surface area contributed by atoms with Gasteiger partial charge in [0, 0.05) is 44.1 Å². The van der Waals surface area contributed by atoms with Crippen LogP contribution in [0.15, 0.2) is 84.9 Å². The fourth-order valence-corrected chi connectivity index (χ4v) is 4.18. The van der Waals surface area contributed by atoms with Gasteiger partial charge in [-0.05, 0) is 49.4 Å². The molecule has 1 aliphatic heterocycles. The van der Waals surface area contributed by atoms with Crippen molar-refractivity contribution < 1.29 is 4.74 Å². The maximum absolute atomic E-state index is 5.54. The van der Waals surface area contributed by atoms with E-state index in [9.17, 15) is 0 Å². The standard InChI is InChI=1S/C26H31N3O/c1-30-26-16-9-8-15-25(26)28-21-19-27(20-22-28)17-10-18-29(23-11-4-2-5-12-23)24-13-6-3-7-14-24/h2-9,11-16H,10,17-22H2,1H3. The highest BCUT2D eigenvalue weighted by Crippen LogP contribution is 2.28. The van der Waals surface area contributed by atoms with E-state index in [1.165, 1.54) is 17.1 Å². The molecule has 0 bridgehead atoms.